The number of aromatic nitrogens is 3. The van der Waals surface area contributed by atoms with Gasteiger partial charge in [-0.05, 0) is 36.4 Å². The van der Waals surface area contributed by atoms with Crippen molar-refractivity contribution in [3.63, 3.8) is 0 Å². The first-order valence-corrected chi connectivity index (χ1v) is 8.55. The van der Waals surface area contributed by atoms with Crippen LogP contribution in [-0.4, -0.2) is 19.5 Å². The molecule has 0 aliphatic carbocycles. The largest absolute Gasteiger partial charge is 0.399 e. The fourth-order valence-electron chi connectivity index (χ4n) is 2.62. The Morgan fingerprint density at radius 1 is 1.08 bits per heavy atom. The summed E-state index contributed by atoms with van der Waals surface area (Å²) in [6.45, 7) is 0. The van der Waals surface area contributed by atoms with E-state index in [1.165, 1.54) is 23.9 Å². The number of nitrogens with two attached hydrogens (primary N) is 1. The van der Waals surface area contributed by atoms with Crippen LogP contribution >= 0.6 is 11.8 Å². The molecule has 0 bridgehead atoms. The van der Waals surface area contributed by atoms with Crippen molar-refractivity contribution < 1.29 is 4.92 Å². The highest BCUT2D eigenvalue weighted by Crippen LogP contribution is 2.33. The number of fused-ring (bicyclic) bond motifs is 1. The second-order valence-corrected chi connectivity index (χ2v) is 6.57. The lowest BCUT2D eigenvalue weighted by Gasteiger charge is -2.08. The highest BCUT2D eigenvalue weighted by molar-refractivity contribution is 7.99. The maximum absolute atomic E-state index is 11.1. The third-order valence-electron chi connectivity index (χ3n) is 3.75. The molecule has 0 saturated carbocycles. The van der Waals surface area contributed by atoms with E-state index in [9.17, 15) is 10.1 Å². The SMILES string of the molecule is Nc1cccc(Sc2nc3cccnc3n2-c2cccc([N+](=O)[O-])c2)c1. The van der Waals surface area contributed by atoms with Crippen LogP contribution in [0.2, 0.25) is 0 Å². The minimum absolute atomic E-state index is 0.0141. The molecule has 2 aromatic carbocycles. The molecule has 7 nitrogen and oxygen atoms in total. The lowest BCUT2D eigenvalue weighted by molar-refractivity contribution is -0.384. The first-order chi connectivity index (χ1) is 12.6. The summed E-state index contributed by atoms with van der Waals surface area (Å²) in [5.74, 6) is 0. The van der Waals surface area contributed by atoms with Crippen LogP contribution in [0.25, 0.3) is 16.9 Å². The molecular weight excluding hydrogens is 350 g/mol. The average molecular weight is 363 g/mol. The number of benzene rings is 2. The molecule has 0 radical (unpaired) electrons. The Kier molecular flexibility index (Phi) is 4.02. The molecular formula is C18H13N5O2S. The van der Waals surface area contributed by atoms with Crippen molar-refractivity contribution in [1.82, 2.24) is 14.5 Å². The van der Waals surface area contributed by atoms with Gasteiger partial charge in [-0.3, -0.25) is 14.7 Å². The van der Waals surface area contributed by atoms with Crippen LogP contribution in [0.5, 0.6) is 0 Å². The average Bonchev–Trinajstić information content (AvgIpc) is 2.99. The Bertz CT molecular complexity index is 1130. The van der Waals surface area contributed by atoms with Crippen molar-refractivity contribution in [2.24, 2.45) is 0 Å². The van der Waals surface area contributed by atoms with E-state index in [1.807, 2.05) is 41.0 Å². The van der Waals surface area contributed by atoms with E-state index >= 15 is 0 Å². The summed E-state index contributed by atoms with van der Waals surface area (Å²) in [4.78, 5) is 20.7. The quantitative estimate of drug-likeness (QED) is 0.333. The van der Waals surface area contributed by atoms with Gasteiger partial charge in [0.15, 0.2) is 10.8 Å². The van der Waals surface area contributed by atoms with E-state index in [1.54, 1.807) is 18.3 Å². The normalized spacial score (nSPS) is 10.9. The summed E-state index contributed by atoms with van der Waals surface area (Å²) in [6.07, 6.45) is 1.67. The number of pyridine rings is 1. The molecule has 0 saturated heterocycles. The Morgan fingerprint density at radius 2 is 1.92 bits per heavy atom. The number of non-ortho nitro benzene ring substituents is 1. The number of anilines is 1. The minimum Gasteiger partial charge on any atom is -0.399 e. The number of imidazole rings is 1. The van der Waals surface area contributed by atoms with Crippen molar-refractivity contribution in [3.05, 3.63) is 77.0 Å². The van der Waals surface area contributed by atoms with E-state index in [4.69, 9.17) is 5.73 Å². The van der Waals surface area contributed by atoms with Gasteiger partial charge in [-0.1, -0.05) is 23.9 Å². The van der Waals surface area contributed by atoms with Crippen LogP contribution in [0, 0.1) is 10.1 Å². The standard InChI is InChI=1S/C18H13N5O2S/c19-12-4-1-7-15(10-12)26-18-21-16-8-3-9-20-17(16)22(18)13-5-2-6-14(11-13)23(24)25/h1-11H,19H2. The summed E-state index contributed by atoms with van der Waals surface area (Å²) < 4.78 is 1.82. The van der Waals surface area contributed by atoms with E-state index < -0.39 is 4.92 Å². The summed E-state index contributed by atoms with van der Waals surface area (Å²) >= 11 is 1.43. The van der Waals surface area contributed by atoms with Crippen LogP contribution in [0.15, 0.2) is 76.9 Å². The first-order valence-electron chi connectivity index (χ1n) is 7.73. The van der Waals surface area contributed by atoms with Crippen LogP contribution in [0.4, 0.5) is 11.4 Å². The van der Waals surface area contributed by atoms with Gasteiger partial charge in [0, 0.05) is 28.9 Å². The van der Waals surface area contributed by atoms with Gasteiger partial charge in [0.05, 0.1) is 10.6 Å². The van der Waals surface area contributed by atoms with Crippen LogP contribution in [0.3, 0.4) is 0 Å². The van der Waals surface area contributed by atoms with Crippen molar-refractivity contribution in [2.75, 3.05) is 5.73 Å². The van der Waals surface area contributed by atoms with E-state index in [2.05, 4.69) is 9.97 Å². The summed E-state index contributed by atoms with van der Waals surface area (Å²) in [7, 11) is 0. The molecule has 2 aromatic heterocycles. The highest BCUT2D eigenvalue weighted by Gasteiger charge is 2.17. The predicted octanol–water partition coefficient (Wildman–Crippen LogP) is 4.06. The van der Waals surface area contributed by atoms with Gasteiger partial charge in [0.2, 0.25) is 0 Å². The van der Waals surface area contributed by atoms with Gasteiger partial charge in [0.25, 0.3) is 5.69 Å². The van der Waals surface area contributed by atoms with Gasteiger partial charge < -0.3 is 5.73 Å². The second kappa shape index (κ2) is 6.49. The van der Waals surface area contributed by atoms with Crippen LogP contribution in [-0.2, 0) is 0 Å². The molecule has 4 aromatic rings. The maximum atomic E-state index is 11.1. The number of hydrogen-bond donors (Lipinski definition) is 1. The van der Waals surface area contributed by atoms with Crippen molar-refractivity contribution in [1.29, 1.82) is 0 Å². The van der Waals surface area contributed by atoms with E-state index in [-0.39, 0.29) is 5.69 Å². The molecule has 128 valence electrons. The Hall–Kier alpha value is -3.39. The first kappa shape index (κ1) is 16.1. The number of rotatable bonds is 4. The summed E-state index contributed by atoms with van der Waals surface area (Å²) in [5, 5.41) is 11.8. The number of nitrogens with zero attached hydrogens (tertiary/aromatic N) is 4. The predicted molar refractivity (Wildman–Crippen MR) is 100 cm³/mol. The molecule has 8 heteroatoms. The molecule has 0 spiro atoms. The molecule has 0 atom stereocenters. The van der Waals surface area contributed by atoms with Gasteiger partial charge in [-0.2, -0.15) is 0 Å². The molecule has 2 heterocycles. The molecule has 0 unspecified atom stereocenters. The van der Waals surface area contributed by atoms with E-state index in [0.717, 1.165) is 4.90 Å². The Labute approximate surface area is 152 Å². The zero-order valence-corrected chi connectivity index (χ0v) is 14.3. The Morgan fingerprint density at radius 3 is 2.73 bits per heavy atom. The molecule has 26 heavy (non-hydrogen) atoms. The smallest absolute Gasteiger partial charge is 0.271 e. The zero-order chi connectivity index (χ0) is 18.1. The summed E-state index contributed by atoms with van der Waals surface area (Å²) in [5.41, 5.74) is 8.52. The van der Waals surface area contributed by atoms with Gasteiger partial charge in [-0.15, -0.1) is 0 Å². The number of nitro groups is 1. The van der Waals surface area contributed by atoms with Crippen LogP contribution < -0.4 is 5.73 Å². The molecule has 0 aliphatic heterocycles. The lowest BCUT2D eigenvalue weighted by atomic mass is 10.3. The molecule has 0 aliphatic rings. The monoisotopic (exact) mass is 363 g/mol. The Balaban J connectivity index is 1.89. The van der Waals surface area contributed by atoms with Crippen molar-refractivity contribution in [2.45, 2.75) is 10.1 Å². The fourth-order valence-corrected chi connectivity index (χ4v) is 3.60. The van der Waals surface area contributed by atoms with E-state index in [0.29, 0.717) is 27.7 Å². The molecule has 0 amide bonds. The van der Waals surface area contributed by atoms with Crippen molar-refractivity contribution >= 4 is 34.3 Å². The number of hydrogen-bond acceptors (Lipinski definition) is 6. The molecule has 0 fully saturated rings. The molecule has 4 rings (SSSR count). The molecule has 2 N–H and O–H groups in total. The third kappa shape index (κ3) is 2.98. The van der Waals surface area contributed by atoms with Crippen molar-refractivity contribution in [3.8, 4) is 5.69 Å². The van der Waals surface area contributed by atoms with Gasteiger partial charge in [0.1, 0.15) is 5.52 Å². The maximum Gasteiger partial charge on any atom is 0.271 e. The lowest BCUT2D eigenvalue weighted by Crippen LogP contribution is -1.99. The third-order valence-corrected chi connectivity index (χ3v) is 4.70. The fraction of sp³-hybridized carbons (Fsp3) is 0. The minimum atomic E-state index is -0.416. The number of nitro benzene ring substituents is 1. The topological polar surface area (TPSA) is 99.9 Å². The number of nitrogen functional groups attached to an aromatic ring is 1. The second-order valence-electron chi connectivity index (χ2n) is 5.53. The van der Waals surface area contributed by atoms with Gasteiger partial charge in [-0.25, -0.2) is 9.97 Å². The zero-order valence-electron chi connectivity index (χ0n) is 13.4. The van der Waals surface area contributed by atoms with Crippen LogP contribution in [0.1, 0.15) is 0 Å². The highest BCUT2D eigenvalue weighted by atomic mass is 32.2. The summed E-state index contributed by atoms with van der Waals surface area (Å²) in [6, 6.07) is 17.6. The van der Waals surface area contributed by atoms with Gasteiger partial charge >= 0.3 is 0 Å².